The Kier molecular flexibility index (Phi) is 3.85. The number of anilines is 1. The van der Waals surface area contributed by atoms with Gasteiger partial charge in [0.2, 0.25) is 0 Å². The Morgan fingerprint density at radius 3 is 2.64 bits per heavy atom. The number of nitrogens with one attached hydrogen (secondary N) is 3. The second-order valence-electron chi connectivity index (χ2n) is 5.98. The summed E-state index contributed by atoms with van der Waals surface area (Å²) in [7, 11) is 0. The molecule has 1 heterocycles. The van der Waals surface area contributed by atoms with Crippen molar-refractivity contribution in [1.82, 2.24) is 15.5 Å². The summed E-state index contributed by atoms with van der Waals surface area (Å²) in [4.78, 5) is 12.1. The first kappa shape index (κ1) is 14.6. The van der Waals surface area contributed by atoms with E-state index in [2.05, 4.69) is 20.8 Å². The summed E-state index contributed by atoms with van der Waals surface area (Å²) in [6.45, 7) is 1.83. The van der Waals surface area contributed by atoms with Crippen LogP contribution in [0.2, 0.25) is 0 Å². The molecule has 2 amide bonds. The van der Waals surface area contributed by atoms with Crippen molar-refractivity contribution in [1.29, 1.82) is 0 Å². The number of amides is 2. The number of hydrogen-bond acceptors (Lipinski definition) is 3. The van der Waals surface area contributed by atoms with Crippen LogP contribution in [-0.2, 0) is 0 Å². The number of carbonyl (C=O) groups is 1. The number of nitrogens with zero attached hydrogens (tertiary/aromatic N) is 1. The number of urea groups is 1. The average Bonchev–Trinajstić information content (AvgIpc) is 3.24. The zero-order valence-electron chi connectivity index (χ0n) is 12.5. The van der Waals surface area contributed by atoms with Crippen molar-refractivity contribution in [3.63, 3.8) is 0 Å². The van der Waals surface area contributed by atoms with E-state index in [0.29, 0.717) is 11.6 Å². The summed E-state index contributed by atoms with van der Waals surface area (Å²) in [6.07, 6.45) is 3.80. The summed E-state index contributed by atoms with van der Waals surface area (Å²) >= 11 is 0. The molecule has 0 spiro atoms. The van der Waals surface area contributed by atoms with E-state index in [1.807, 2.05) is 37.3 Å². The van der Waals surface area contributed by atoms with E-state index < -0.39 is 5.54 Å². The molecule has 3 rings (SSSR count). The van der Waals surface area contributed by atoms with Gasteiger partial charge < -0.3 is 15.7 Å². The Morgan fingerprint density at radius 2 is 2.09 bits per heavy atom. The molecule has 1 unspecified atom stereocenters. The molecule has 0 saturated heterocycles. The Balaban J connectivity index is 1.62. The molecular weight excluding hydrogens is 280 g/mol. The molecule has 116 valence electrons. The first-order chi connectivity index (χ1) is 10.6. The quantitative estimate of drug-likeness (QED) is 0.683. The minimum Gasteiger partial charge on any atom is -0.394 e. The van der Waals surface area contributed by atoms with Crippen molar-refractivity contribution >= 4 is 11.7 Å². The fraction of sp³-hybridized carbons (Fsp3) is 0.375. The third-order valence-electron chi connectivity index (χ3n) is 4.16. The van der Waals surface area contributed by atoms with Crippen molar-refractivity contribution in [3.05, 3.63) is 36.5 Å². The number of aromatic amines is 1. The van der Waals surface area contributed by atoms with Gasteiger partial charge in [-0.1, -0.05) is 12.1 Å². The summed E-state index contributed by atoms with van der Waals surface area (Å²) in [5, 5.41) is 22.0. The Bertz CT molecular complexity index is 635. The molecular formula is C16H20N4O2. The highest BCUT2D eigenvalue weighted by atomic mass is 16.3. The van der Waals surface area contributed by atoms with Gasteiger partial charge in [-0.3, -0.25) is 5.10 Å². The number of aliphatic hydroxyl groups excluding tert-OH is 1. The number of benzene rings is 1. The molecule has 1 aliphatic rings. The molecule has 6 nitrogen and oxygen atoms in total. The predicted molar refractivity (Wildman–Crippen MR) is 84.4 cm³/mol. The maximum Gasteiger partial charge on any atom is 0.319 e. The zero-order chi connectivity index (χ0) is 15.6. The lowest BCUT2D eigenvalue weighted by Gasteiger charge is -2.28. The van der Waals surface area contributed by atoms with Gasteiger partial charge in [-0.05, 0) is 49.4 Å². The first-order valence-corrected chi connectivity index (χ1v) is 7.40. The molecule has 1 aliphatic carbocycles. The highest BCUT2D eigenvalue weighted by Crippen LogP contribution is 2.39. The summed E-state index contributed by atoms with van der Waals surface area (Å²) in [6, 6.07) is 9.09. The number of aromatic nitrogens is 2. The third kappa shape index (κ3) is 3.12. The van der Waals surface area contributed by atoms with E-state index >= 15 is 0 Å². The lowest BCUT2D eigenvalue weighted by Crippen LogP contribution is -2.52. The molecule has 0 radical (unpaired) electrons. The Hall–Kier alpha value is -2.34. The molecule has 4 N–H and O–H groups in total. The van der Waals surface area contributed by atoms with Gasteiger partial charge in [0.1, 0.15) is 0 Å². The molecule has 2 aromatic rings. The van der Waals surface area contributed by atoms with Gasteiger partial charge >= 0.3 is 6.03 Å². The molecule has 0 bridgehead atoms. The second kappa shape index (κ2) is 5.81. The van der Waals surface area contributed by atoms with E-state index in [1.54, 1.807) is 6.20 Å². The van der Waals surface area contributed by atoms with Crippen LogP contribution >= 0.6 is 0 Å². The Morgan fingerprint density at radius 1 is 1.36 bits per heavy atom. The topological polar surface area (TPSA) is 90.0 Å². The third-order valence-corrected chi connectivity index (χ3v) is 4.16. The predicted octanol–water partition coefficient (Wildman–Crippen LogP) is 2.36. The number of rotatable bonds is 5. The molecule has 1 saturated carbocycles. The largest absolute Gasteiger partial charge is 0.394 e. The minimum absolute atomic E-state index is 0.0517. The van der Waals surface area contributed by atoms with Gasteiger partial charge in [0.25, 0.3) is 0 Å². The van der Waals surface area contributed by atoms with Crippen molar-refractivity contribution in [3.8, 4) is 11.3 Å². The number of aliphatic hydroxyl groups is 1. The van der Waals surface area contributed by atoms with Crippen LogP contribution in [0.5, 0.6) is 0 Å². The van der Waals surface area contributed by atoms with E-state index in [1.165, 1.54) is 0 Å². The average molecular weight is 300 g/mol. The molecule has 1 aromatic heterocycles. The van der Waals surface area contributed by atoms with Gasteiger partial charge in [-0.2, -0.15) is 5.10 Å². The highest BCUT2D eigenvalue weighted by Gasteiger charge is 2.42. The minimum atomic E-state index is -0.542. The zero-order valence-corrected chi connectivity index (χ0v) is 12.5. The SMILES string of the molecule is CC(CO)(NC(=O)Nc1ccc(-c2ccn[nH]2)cc1)C1CC1. The van der Waals surface area contributed by atoms with E-state index in [4.69, 9.17) is 0 Å². The Labute approximate surface area is 128 Å². The smallest absolute Gasteiger partial charge is 0.319 e. The van der Waals surface area contributed by atoms with Crippen LogP contribution in [0, 0.1) is 5.92 Å². The van der Waals surface area contributed by atoms with E-state index in [0.717, 1.165) is 24.1 Å². The number of carbonyl (C=O) groups excluding carboxylic acids is 1. The molecule has 6 heteroatoms. The summed E-state index contributed by atoms with van der Waals surface area (Å²) in [5.74, 6) is 0.367. The molecule has 1 fully saturated rings. The van der Waals surface area contributed by atoms with Gasteiger partial charge in [0, 0.05) is 11.9 Å². The van der Waals surface area contributed by atoms with Gasteiger partial charge in [-0.25, -0.2) is 4.79 Å². The van der Waals surface area contributed by atoms with Crippen LogP contribution in [0.1, 0.15) is 19.8 Å². The van der Waals surface area contributed by atoms with Crippen molar-refractivity contribution in [2.24, 2.45) is 5.92 Å². The van der Waals surface area contributed by atoms with Crippen LogP contribution < -0.4 is 10.6 Å². The molecule has 0 aliphatic heterocycles. The maximum absolute atomic E-state index is 12.1. The van der Waals surface area contributed by atoms with Crippen LogP contribution in [-0.4, -0.2) is 33.5 Å². The van der Waals surface area contributed by atoms with Gasteiger partial charge in [-0.15, -0.1) is 0 Å². The van der Waals surface area contributed by atoms with Gasteiger partial charge in [0.05, 0.1) is 17.8 Å². The van der Waals surface area contributed by atoms with Crippen molar-refractivity contribution in [2.75, 3.05) is 11.9 Å². The van der Waals surface area contributed by atoms with Crippen LogP contribution in [0.4, 0.5) is 10.5 Å². The fourth-order valence-corrected chi connectivity index (χ4v) is 2.56. The number of H-pyrrole nitrogens is 1. The van der Waals surface area contributed by atoms with Crippen LogP contribution in [0.15, 0.2) is 36.5 Å². The first-order valence-electron chi connectivity index (χ1n) is 7.40. The lowest BCUT2D eigenvalue weighted by molar-refractivity contribution is 0.159. The fourth-order valence-electron chi connectivity index (χ4n) is 2.56. The standard InChI is InChI=1S/C16H20N4O2/c1-16(10-21,12-4-5-12)19-15(22)18-13-6-2-11(3-7-13)14-8-9-17-20-14/h2-3,6-9,12,21H,4-5,10H2,1H3,(H,17,20)(H2,18,19,22). The van der Waals surface area contributed by atoms with E-state index in [9.17, 15) is 9.90 Å². The monoisotopic (exact) mass is 300 g/mol. The van der Waals surface area contributed by atoms with E-state index in [-0.39, 0.29) is 12.6 Å². The van der Waals surface area contributed by atoms with Crippen LogP contribution in [0.3, 0.4) is 0 Å². The molecule has 1 atom stereocenters. The molecule has 22 heavy (non-hydrogen) atoms. The van der Waals surface area contributed by atoms with Crippen molar-refractivity contribution in [2.45, 2.75) is 25.3 Å². The summed E-state index contributed by atoms with van der Waals surface area (Å²) < 4.78 is 0. The van der Waals surface area contributed by atoms with Crippen molar-refractivity contribution < 1.29 is 9.90 Å². The second-order valence-corrected chi connectivity index (χ2v) is 5.98. The van der Waals surface area contributed by atoms with Gasteiger partial charge in [0.15, 0.2) is 0 Å². The lowest BCUT2D eigenvalue weighted by atomic mass is 9.97. The summed E-state index contributed by atoms with van der Waals surface area (Å²) in [5.41, 5.74) is 2.09. The van der Waals surface area contributed by atoms with Crippen LogP contribution in [0.25, 0.3) is 11.3 Å². The number of hydrogen-bond donors (Lipinski definition) is 4. The highest BCUT2D eigenvalue weighted by molar-refractivity contribution is 5.90. The maximum atomic E-state index is 12.1. The normalized spacial score (nSPS) is 16.8. The molecule has 1 aromatic carbocycles.